The molecule has 0 fully saturated rings. The maximum absolute atomic E-state index is 12.3. The van der Waals surface area contributed by atoms with E-state index in [1.165, 1.54) is 18.2 Å². The minimum absolute atomic E-state index is 0.0486. The number of carbonyl (C=O) groups excluding carboxylic acids is 1. The summed E-state index contributed by atoms with van der Waals surface area (Å²) in [6, 6.07) is 0. The summed E-state index contributed by atoms with van der Waals surface area (Å²) < 4.78 is 36.8. The highest BCUT2D eigenvalue weighted by atomic mass is 19.4. The number of alkyl halides is 3. The second-order valence-electron chi connectivity index (χ2n) is 2.65. The first-order valence-corrected chi connectivity index (χ1v) is 3.39. The van der Waals surface area contributed by atoms with Crippen LogP contribution in [0.4, 0.5) is 13.2 Å². The van der Waals surface area contributed by atoms with Crippen molar-refractivity contribution in [2.75, 3.05) is 0 Å². The molecule has 0 bridgehead atoms. The third-order valence-electron chi connectivity index (χ3n) is 1.83. The van der Waals surface area contributed by atoms with Crippen LogP contribution in [-0.4, -0.2) is 12.5 Å². The van der Waals surface area contributed by atoms with Crippen molar-refractivity contribution in [1.82, 2.24) is 0 Å². The molecule has 0 radical (unpaired) electrons. The molecule has 0 aromatic rings. The number of halogens is 3. The minimum atomic E-state index is -4.49. The van der Waals surface area contributed by atoms with Gasteiger partial charge in [0.05, 0.1) is 0 Å². The molecule has 0 saturated carbocycles. The van der Waals surface area contributed by atoms with Crippen molar-refractivity contribution in [2.24, 2.45) is 5.41 Å². The molecule has 1 atom stereocenters. The lowest BCUT2D eigenvalue weighted by molar-refractivity contribution is -0.198. The van der Waals surface area contributed by atoms with E-state index in [-0.39, 0.29) is 12.7 Å². The number of carbonyl (C=O) groups is 1. The van der Waals surface area contributed by atoms with Gasteiger partial charge in [-0.3, -0.25) is 0 Å². The molecule has 66 valence electrons. The van der Waals surface area contributed by atoms with Gasteiger partial charge in [-0.05, 0) is 6.42 Å². The predicted molar refractivity (Wildman–Crippen MR) is 37.4 cm³/mol. The van der Waals surface area contributed by atoms with Crippen LogP contribution in [0.25, 0.3) is 0 Å². The second kappa shape index (κ2) is 2.77. The Hall–Kier alpha value is -1.06. The first kappa shape index (κ1) is 9.03. The number of aldehydes is 1. The average Bonchev–Trinajstić information content (AvgIpc) is 2.04. The van der Waals surface area contributed by atoms with Crippen LogP contribution < -0.4 is 0 Å². The van der Waals surface area contributed by atoms with Crippen LogP contribution in [0, 0.1) is 5.41 Å². The molecule has 1 aliphatic rings. The zero-order chi connectivity index (χ0) is 9.24. The standard InChI is InChI=1S/C8H7F3O/c9-8(10,11)7(6-12)4-2-1-3-5-7/h1-4,6H,5H2. The van der Waals surface area contributed by atoms with Crippen molar-refractivity contribution in [1.29, 1.82) is 0 Å². The van der Waals surface area contributed by atoms with Gasteiger partial charge in [0, 0.05) is 0 Å². The lowest BCUT2D eigenvalue weighted by atomic mass is 9.82. The van der Waals surface area contributed by atoms with Crippen LogP contribution in [0.5, 0.6) is 0 Å². The van der Waals surface area contributed by atoms with E-state index in [4.69, 9.17) is 0 Å². The summed E-state index contributed by atoms with van der Waals surface area (Å²) in [6.45, 7) is 0. The van der Waals surface area contributed by atoms with Gasteiger partial charge in [0.15, 0.2) is 0 Å². The third-order valence-corrected chi connectivity index (χ3v) is 1.83. The molecule has 4 heteroatoms. The number of hydrogen-bond acceptors (Lipinski definition) is 1. The van der Waals surface area contributed by atoms with E-state index in [0.717, 1.165) is 6.08 Å². The quantitative estimate of drug-likeness (QED) is 0.560. The normalized spacial score (nSPS) is 28.9. The summed E-state index contributed by atoms with van der Waals surface area (Å²) >= 11 is 0. The van der Waals surface area contributed by atoms with Crippen LogP contribution in [0.15, 0.2) is 24.3 Å². The topological polar surface area (TPSA) is 17.1 Å². The fourth-order valence-electron chi connectivity index (χ4n) is 1.00. The van der Waals surface area contributed by atoms with Gasteiger partial charge in [-0.15, -0.1) is 0 Å². The maximum Gasteiger partial charge on any atom is 0.404 e. The SMILES string of the molecule is O=CC1(C(F)(F)F)C=CC=CC1. The molecule has 1 unspecified atom stereocenters. The predicted octanol–water partition coefficient (Wildman–Crippen LogP) is 2.25. The molecular formula is C8H7F3O. The molecule has 0 aromatic heterocycles. The number of rotatable bonds is 1. The highest BCUT2D eigenvalue weighted by Gasteiger charge is 2.52. The van der Waals surface area contributed by atoms with Gasteiger partial charge >= 0.3 is 6.18 Å². The van der Waals surface area contributed by atoms with Crippen molar-refractivity contribution < 1.29 is 18.0 Å². The maximum atomic E-state index is 12.3. The molecular weight excluding hydrogens is 169 g/mol. The number of allylic oxidation sites excluding steroid dienone is 4. The monoisotopic (exact) mass is 176 g/mol. The Morgan fingerprint density at radius 1 is 1.33 bits per heavy atom. The van der Waals surface area contributed by atoms with E-state index in [1.54, 1.807) is 0 Å². The van der Waals surface area contributed by atoms with E-state index in [0.29, 0.717) is 0 Å². The van der Waals surface area contributed by atoms with Crippen LogP contribution in [0.2, 0.25) is 0 Å². The Balaban J connectivity index is 2.99. The Labute approximate surface area is 67.6 Å². The van der Waals surface area contributed by atoms with Crippen molar-refractivity contribution in [3.8, 4) is 0 Å². The molecule has 0 aliphatic heterocycles. The Morgan fingerprint density at radius 2 is 2.00 bits per heavy atom. The largest absolute Gasteiger partial charge is 0.404 e. The van der Waals surface area contributed by atoms with Gasteiger partial charge in [0.1, 0.15) is 11.7 Å². The summed E-state index contributed by atoms with van der Waals surface area (Å²) in [5.41, 5.74) is -2.29. The van der Waals surface area contributed by atoms with E-state index < -0.39 is 11.6 Å². The molecule has 0 heterocycles. The Morgan fingerprint density at radius 3 is 2.25 bits per heavy atom. The van der Waals surface area contributed by atoms with Crippen molar-refractivity contribution in [3.05, 3.63) is 24.3 Å². The Kier molecular flexibility index (Phi) is 2.08. The molecule has 12 heavy (non-hydrogen) atoms. The molecule has 0 saturated heterocycles. The summed E-state index contributed by atoms with van der Waals surface area (Å²) in [4.78, 5) is 10.3. The van der Waals surface area contributed by atoms with Crippen molar-refractivity contribution in [3.63, 3.8) is 0 Å². The highest BCUT2D eigenvalue weighted by molar-refractivity contribution is 5.65. The van der Waals surface area contributed by atoms with Crippen molar-refractivity contribution >= 4 is 6.29 Å². The fraction of sp³-hybridized carbons (Fsp3) is 0.375. The molecule has 0 spiro atoms. The van der Waals surface area contributed by atoms with Crippen LogP contribution >= 0.6 is 0 Å². The first-order valence-electron chi connectivity index (χ1n) is 3.39. The van der Waals surface area contributed by atoms with E-state index in [1.807, 2.05) is 0 Å². The van der Waals surface area contributed by atoms with E-state index in [2.05, 4.69) is 0 Å². The third kappa shape index (κ3) is 1.29. The minimum Gasteiger partial charge on any atom is -0.302 e. The second-order valence-corrected chi connectivity index (χ2v) is 2.65. The zero-order valence-corrected chi connectivity index (χ0v) is 6.14. The molecule has 0 N–H and O–H groups in total. The average molecular weight is 176 g/mol. The first-order chi connectivity index (χ1) is 5.52. The molecule has 1 rings (SSSR count). The molecule has 1 aliphatic carbocycles. The summed E-state index contributed by atoms with van der Waals surface area (Å²) in [5.74, 6) is 0. The van der Waals surface area contributed by atoms with Crippen LogP contribution in [0.3, 0.4) is 0 Å². The lowest BCUT2D eigenvalue weighted by Crippen LogP contribution is -2.38. The summed E-state index contributed by atoms with van der Waals surface area (Å²) in [5, 5.41) is 0. The lowest BCUT2D eigenvalue weighted by Gasteiger charge is -2.27. The summed E-state index contributed by atoms with van der Waals surface area (Å²) in [6.07, 6.45) is 0.125. The van der Waals surface area contributed by atoms with Gasteiger partial charge in [-0.1, -0.05) is 24.3 Å². The molecule has 0 aromatic carbocycles. The van der Waals surface area contributed by atoms with Gasteiger partial charge in [-0.25, -0.2) is 0 Å². The summed E-state index contributed by atoms with van der Waals surface area (Å²) in [7, 11) is 0. The van der Waals surface area contributed by atoms with Crippen molar-refractivity contribution in [2.45, 2.75) is 12.6 Å². The molecule has 1 nitrogen and oxygen atoms in total. The molecule has 0 amide bonds. The van der Waals surface area contributed by atoms with E-state index >= 15 is 0 Å². The van der Waals surface area contributed by atoms with Gasteiger partial charge < -0.3 is 4.79 Å². The van der Waals surface area contributed by atoms with Gasteiger partial charge in [0.25, 0.3) is 0 Å². The Bertz CT molecular complexity index is 239. The fourth-order valence-corrected chi connectivity index (χ4v) is 1.00. The van der Waals surface area contributed by atoms with Gasteiger partial charge in [-0.2, -0.15) is 13.2 Å². The van der Waals surface area contributed by atoms with Gasteiger partial charge in [0.2, 0.25) is 0 Å². The smallest absolute Gasteiger partial charge is 0.302 e. The zero-order valence-electron chi connectivity index (χ0n) is 6.14. The van der Waals surface area contributed by atoms with Crippen LogP contribution in [-0.2, 0) is 4.79 Å². The van der Waals surface area contributed by atoms with Crippen LogP contribution in [0.1, 0.15) is 6.42 Å². The number of hydrogen-bond donors (Lipinski definition) is 0. The van der Waals surface area contributed by atoms with E-state index in [9.17, 15) is 18.0 Å². The highest BCUT2D eigenvalue weighted by Crippen LogP contribution is 2.42.